The van der Waals surface area contributed by atoms with E-state index in [4.69, 9.17) is 4.74 Å². The molecule has 0 aromatic carbocycles. The van der Waals surface area contributed by atoms with E-state index in [0.29, 0.717) is 19.1 Å². The van der Waals surface area contributed by atoms with Crippen LogP contribution in [0.25, 0.3) is 0 Å². The average Bonchev–Trinajstić information content (AvgIpc) is 3.24. The van der Waals surface area contributed by atoms with E-state index in [9.17, 15) is 4.79 Å². The van der Waals surface area contributed by atoms with Gasteiger partial charge in [0.2, 0.25) is 11.9 Å². The van der Waals surface area contributed by atoms with Crippen LogP contribution < -0.4 is 10.6 Å². The minimum absolute atomic E-state index is 0.0127. The Morgan fingerprint density at radius 3 is 2.86 bits per heavy atom. The molecule has 3 rings (SSSR count). The van der Waals surface area contributed by atoms with Crippen LogP contribution in [0.3, 0.4) is 0 Å². The van der Waals surface area contributed by atoms with Gasteiger partial charge < -0.3 is 15.4 Å². The van der Waals surface area contributed by atoms with Crippen molar-refractivity contribution < 1.29 is 9.53 Å². The highest BCUT2D eigenvalue weighted by molar-refractivity contribution is 5.78. The summed E-state index contributed by atoms with van der Waals surface area (Å²) in [6.45, 7) is 4.25. The first-order chi connectivity index (χ1) is 13.8. The second kappa shape index (κ2) is 10.8. The van der Waals surface area contributed by atoms with Crippen molar-refractivity contribution in [2.75, 3.05) is 18.5 Å². The Morgan fingerprint density at radius 2 is 2.11 bits per heavy atom. The number of aryl methyl sites for hydroxylation is 1. The zero-order valence-electron chi connectivity index (χ0n) is 16.5. The van der Waals surface area contributed by atoms with Crippen LogP contribution >= 0.6 is 0 Å². The van der Waals surface area contributed by atoms with Crippen LogP contribution in [-0.2, 0) is 16.1 Å². The third kappa shape index (κ3) is 6.02. The maximum absolute atomic E-state index is 12.6. The number of carbonyl (C=O) groups is 1. The summed E-state index contributed by atoms with van der Waals surface area (Å²) < 4.78 is 7.94. The molecular weight excluding hydrogens is 356 g/mol. The lowest BCUT2D eigenvalue weighted by Gasteiger charge is -2.35. The van der Waals surface area contributed by atoms with Gasteiger partial charge in [0, 0.05) is 50.4 Å². The lowest BCUT2D eigenvalue weighted by Crippen LogP contribution is -2.45. The molecule has 1 saturated carbocycles. The second-order valence-corrected chi connectivity index (χ2v) is 7.16. The third-order valence-electron chi connectivity index (χ3n) is 5.00. The Balaban J connectivity index is 1.47. The van der Waals surface area contributed by atoms with E-state index in [0.717, 1.165) is 38.6 Å². The van der Waals surface area contributed by atoms with Gasteiger partial charge >= 0.3 is 0 Å². The van der Waals surface area contributed by atoms with E-state index < -0.39 is 0 Å². The highest BCUT2D eigenvalue weighted by Gasteiger charge is 2.34. The maximum atomic E-state index is 12.6. The molecular formula is C20H30N6O2. The van der Waals surface area contributed by atoms with Crippen molar-refractivity contribution in [3.8, 4) is 0 Å². The van der Waals surface area contributed by atoms with Gasteiger partial charge in [-0.1, -0.05) is 6.92 Å². The molecule has 0 aliphatic heterocycles. The molecule has 2 aromatic rings. The van der Waals surface area contributed by atoms with Crippen molar-refractivity contribution in [2.45, 2.75) is 57.7 Å². The molecule has 0 unspecified atom stereocenters. The summed E-state index contributed by atoms with van der Waals surface area (Å²) >= 11 is 0. The fraction of sp³-hybridized carbons (Fsp3) is 0.600. The van der Waals surface area contributed by atoms with Crippen LogP contribution in [0.4, 0.5) is 5.95 Å². The fourth-order valence-electron chi connectivity index (χ4n) is 3.55. The highest BCUT2D eigenvalue weighted by atomic mass is 16.5. The van der Waals surface area contributed by atoms with Crippen LogP contribution in [0.2, 0.25) is 0 Å². The minimum atomic E-state index is -0.0164. The lowest BCUT2D eigenvalue weighted by atomic mass is 9.83. The van der Waals surface area contributed by atoms with Crippen LogP contribution in [-0.4, -0.2) is 51.0 Å². The average molecular weight is 387 g/mol. The van der Waals surface area contributed by atoms with Crippen LogP contribution in [0.5, 0.6) is 0 Å². The van der Waals surface area contributed by atoms with Gasteiger partial charge in [-0.3, -0.25) is 9.48 Å². The summed E-state index contributed by atoms with van der Waals surface area (Å²) in [5.41, 5.74) is 0. The smallest absolute Gasteiger partial charge is 0.223 e. The summed E-state index contributed by atoms with van der Waals surface area (Å²) in [4.78, 5) is 21.1. The number of hydrogen-bond acceptors (Lipinski definition) is 6. The number of carbonyl (C=O) groups excluding carboxylic acids is 1. The number of aromatic nitrogens is 4. The number of amides is 1. The molecule has 2 aromatic heterocycles. The molecule has 1 amide bonds. The Hall–Kier alpha value is -2.48. The van der Waals surface area contributed by atoms with Gasteiger partial charge in [0.05, 0.1) is 12.1 Å². The third-order valence-corrected chi connectivity index (χ3v) is 5.00. The number of hydrogen-bond donors (Lipinski definition) is 2. The number of nitrogens with one attached hydrogen (secondary N) is 2. The number of rotatable bonds is 10. The van der Waals surface area contributed by atoms with Crippen molar-refractivity contribution >= 4 is 11.9 Å². The number of ether oxygens (including phenoxy) is 1. The number of anilines is 1. The fourth-order valence-corrected chi connectivity index (χ4v) is 3.55. The SMILES string of the molecule is CCCO[C@H]1C[C@@H](C(=O)NCCCn2cccn2)CC[C@@H]1Nc1ncccn1. The van der Waals surface area contributed by atoms with Crippen LogP contribution in [0.1, 0.15) is 39.0 Å². The van der Waals surface area contributed by atoms with Gasteiger partial charge in [-0.15, -0.1) is 0 Å². The molecule has 1 aliphatic rings. The van der Waals surface area contributed by atoms with E-state index in [1.54, 1.807) is 24.7 Å². The Bertz CT molecular complexity index is 694. The van der Waals surface area contributed by atoms with Crippen molar-refractivity contribution in [1.82, 2.24) is 25.1 Å². The molecule has 3 atom stereocenters. The van der Waals surface area contributed by atoms with E-state index in [1.807, 2.05) is 16.9 Å². The van der Waals surface area contributed by atoms with E-state index in [2.05, 4.69) is 32.6 Å². The molecule has 152 valence electrons. The maximum Gasteiger partial charge on any atom is 0.223 e. The lowest BCUT2D eigenvalue weighted by molar-refractivity contribution is -0.128. The van der Waals surface area contributed by atoms with Gasteiger partial charge in [0.15, 0.2) is 0 Å². The molecule has 0 radical (unpaired) electrons. The molecule has 0 saturated heterocycles. The van der Waals surface area contributed by atoms with Gasteiger partial charge in [-0.25, -0.2) is 9.97 Å². The Morgan fingerprint density at radius 1 is 1.25 bits per heavy atom. The summed E-state index contributed by atoms with van der Waals surface area (Å²) in [6, 6.07) is 3.82. The van der Waals surface area contributed by atoms with E-state index >= 15 is 0 Å². The minimum Gasteiger partial charge on any atom is -0.376 e. The van der Waals surface area contributed by atoms with Crippen LogP contribution in [0, 0.1) is 5.92 Å². The van der Waals surface area contributed by atoms with Crippen molar-refractivity contribution in [3.05, 3.63) is 36.9 Å². The summed E-state index contributed by atoms with van der Waals surface area (Å²) in [6.07, 6.45) is 11.4. The Kier molecular flexibility index (Phi) is 7.78. The van der Waals surface area contributed by atoms with Crippen LogP contribution in [0.15, 0.2) is 36.9 Å². The van der Waals surface area contributed by atoms with Gasteiger partial charge in [-0.2, -0.15) is 5.10 Å². The molecule has 0 spiro atoms. The van der Waals surface area contributed by atoms with E-state index in [-0.39, 0.29) is 24.0 Å². The quantitative estimate of drug-likeness (QED) is 0.608. The predicted octanol–water partition coefficient (Wildman–Crippen LogP) is 2.26. The zero-order chi connectivity index (χ0) is 19.6. The standard InChI is InChI=1S/C20H30N6O2/c1-2-14-28-18-15-16(6-7-17(18)25-20-22-8-3-9-23-20)19(27)21-10-4-12-26-13-5-11-24-26/h3,5,8-9,11,13,16-18H,2,4,6-7,10,12,14-15H2,1H3,(H,21,27)(H,22,23,25)/t16-,17-,18-/m0/s1. The first-order valence-electron chi connectivity index (χ1n) is 10.2. The second-order valence-electron chi connectivity index (χ2n) is 7.16. The molecule has 8 nitrogen and oxygen atoms in total. The molecule has 0 bridgehead atoms. The first kappa shape index (κ1) is 20.3. The summed E-state index contributed by atoms with van der Waals surface area (Å²) in [7, 11) is 0. The van der Waals surface area contributed by atoms with Gasteiger partial charge in [-0.05, 0) is 44.2 Å². The number of nitrogens with zero attached hydrogens (tertiary/aromatic N) is 4. The largest absolute Gasteiger partial charge is 0.376 e. The van der Waals surface area contributed by atoms with Gasteiger partial charge in [0.1, 0.15) is 0 Å². The topological polar surface area (TPSA) is 94.0 Å². The van der Waals surface area contributed by atoms with Gasteiger partial charge in [0.25, 0.3) is 0 Å². The van der Waals surface area contributed by atoms with Crippen molar-refractivity contribution in [2.24, 2.45) is 5.92 Å². The van der Waals surface area contributed by atoms with E-state index in [1.165, 1.54) is 0 Å². The van der Waals surface area contributed by atoms with Crippen molar-refractivity contribution in [1.29, 1.82) is 0 Å². The first-order valence-corrected chi connectivity index (χ1v) is 10.2. The molecule has 28 heavy (non-hydrogen) atoms. The summed E-state index contributed by atoms with van der Waals surface area (Å²) in [5.74, 6) is 0.723. The normalized spacial score (nSPS) is 22.0. The molecule has 2 heterocycles. The zero-order valence-corrected chi connectivity index (χ0v) is 16.5. The molecule has 2 N–H and O–H groups in total. The molecule has 1 fully saturated rings. The monoisotopic (exact) mass is 386 g/mol. The predicted molar refractivity (Wildman–Crippen MR) is 107 cm³/mol. The molecule has 1 aliphatic carbocycles. The van der Waals surface area contributed by atoms with Crippen molar-refractivity contribution in [3.63, 3.8) is 0 Å². The molecule has 8 heteroatoms. The summed E-state index contributed by atoms with van der Waals surface area (Å²) in [5, 5.41) is 10.6. The Labute approximate surface area is 166 Å². The highest BCUT2D eigenvalue weighted by Crippen LogP contribution is 2.29.